The molecule has 2 atom stereocenters. The average Bonchev–Trinajstić information content (AvgIpc) is 3.51. The van der Waals surface area contributed by atoms with Gasteiger partial charge in [0.05, 0.1) is 6.07 Å². The minimum Gasteiger partial charge on any atom is -0.383 e. The van der Waals surface area contributed by atoms with Crippen molar-refractivity contribution in [3.63, 3.8) is 0 Å². The molecule has 0 radical (unpaired) electrons. The number of nitrogens with one attached hydrogen (secondary N) is 2. The first-order chi connectivity index (χ1) is 17.3. The number of amides is 2. The van der Waals surface area contributed by atoms with Gasteiger partial charge in [0.1, 0.15) is 27.5 Å². The van der Waals surface area contributed by atoms with E-state index in [4.69, 9.17) is 0 Å². The Morgan fingerprint density at radius 2 is 1.89 bits per heavy atom. The molecule has 2 amide bonds. The summed E-state index contributed by atoms with van der Waals surface area (Å²) in [6.45, 7) is 9.64. The summed E-state index contributed by atoms with van der Waals surface area (Å²) in [5, 5.41) is 25.1. The van der Waals surface area contributed by atoms with E-state index < -0.39 is 16.7 Å². The van der Waals surface area contributed by atoms with Crippen LogP contribution < -0.4 is 10.6 Å². The first-order valence-electron chi connectivity index (χ1n) is 12.8. The van der Waals surface area contributed by atoms with Crippen molar-refractivity contribution in [2.45, 2.75) is 63.7 Å². The Labute approximate surface area is 221 Å². The van der Waals surface area contributed by atoms with E-state index in [0.717, 1.165) is 18.7 Å². The average molecular weight is 513 g/mol. The van der Waals surface area contributed by atoms with Crippen LogP contribution in [0.2, 0.25) is 0 Å². The molecule has 3 rings (SSSR count). The van der Waals surface area contributed by atoms with E-state index in [1.807, 2.05) is 25.1 Å². The van der Waals surface area contributed by atoms with Gasteiger partial charge in [-0.05, 0) is 69.8 Å². The Hall–Kier alpha value is -3.01. The Balaban J connectivity index is 0.00000361. The molecule has 8 nitrogen and oxygen atoms in total. The molecule has 0 aliphatic carbocycles. The first kappa shape index (κ1) is 27.6. The predicted octanol–water partition coefficient (Wildman–Crippen LogP) is 4.13. The fourth-order valence-corrected chi connectivity index (χ4v) is 5.51. The number of carbonyl (C=O) groups is 2. The lowest BCUT2D eigenvalue weighted by molar-refractivity contribution is -0.127. The number of benzene rings is 1. The zero-order valence-electron chi connectivity index (χ0n) is 21.5. The van der Waals surface area contributed by atoms with Crippen LogP contribution in [0.1, 0.15) is 54.9 Å². The molecule has 2 saturated heterocycles. The summed E-state index contributed by atoms with van der Waals surface area (Å²) >= 11 is 1.24. The van der Waals surface area contributed by atoms with E-state index in [0.29, 0.717) is 31.0 Å². The molecule has 36 heavy (non-hydrogen) atoms. The number of likely N-dealkylation sites (tertiary alicyclic amines) is 1. The number of nitrogens with zero attached hydrogens (tertiary/aromatic N) is 4. The van der Waals surface area contributed by atoms with Gasteiger partial charge in [0.25, 0.3) is 5.91 Å². The number of anilines is 1. The normalized spacial score (nSPS) is 21.0. The summed E-state index contributed by atoms with van der Waals surface area (Å²) in [4.78, 5) is 30.1. The molecule has 0 spiro atoms. The van der Waals surface area contributed by atoms with E-state index >= 15 is 0 Å². The van der Waals surface area contributed by atoms with Crippen LogP contribution in [0.5, 0.6) is 0 Å². The van der Waals surface area contributed by atoms with Crippen molar-refractivity contribution in [3.8, 4) is 12.1 Å². The van der Waals surface area contributed by atoms with Crippen molar-refractivity contribution in [2.24, 2.45) is 0 Å². The third-order valence-electron chi connectivity index (χ3n) is 6.74. The zero-order valence-corrected chi connectivity index (χ0v) is 22.3. The number of thioether (sulfide) groups is 1. The molecule has 9 heteroatoms. The topological polar surface area (TPSA) is 112 Å². The van der Waals surface area contributed by atoms with Crippen LogP contribution in [0.15, 0.2) is 34.9 Å². The minimum absolute atomic E-state index is 0. The second-order valence-corrected chi connectivity index (χ2v) is 10.7. The number of hydrogen-bond donors (Lipinski definition) is 2. The van der Waals surface area contributed by atoms with Gasteiger partial charge in [-0.3, -0.25) is 9.59 Å². The smallest absolute Gasteiger partial charge is 0.265 e. The Morgan fingerprint density at radius 1 is 1.19 bits per heavy atom. The van der Waals surface area contributed by atoms with Crippen molar-refractivity contribution in [3.05, 3.63) is 40.4 Å². The first-order valence-corrected chi connectivity index (χ1v) is 13.6. The quantitative estimate of drug-likeness (QED) is 0.339. The van der Waals surface area contributed by atoms with Gasteiger partial charge in [-0.25, -0.2) is 0 Å². The van der Waals surface area contributed by atoms with Gasteiger partial charge in [0.2, 0.25) is 5.91 Å². The van der Waals surface area contributed by atoms with Crippen LogP contribution >= 0.6 is 11.8 Å². The van der Waals surface area contributed by atoms with Crippen molar-refractivity contribution in [1.82, 2.24) is 15.1 Å². The lowest BCUT2D eigenvalue weighted by atomic mass is 10.0. The molecule has 0 bridgehead atoms. The lowest BCUT2D eigenvalue weighted by Crippen LogP contribution is -2.45. The Kier molecular flexibility index (Phi) is 9.81. The third-order valence-corrected chi connectivity index (χ3v) is 8.05. The molecule has 196 valence electrons. The summed E-state index contributed by atoms with van der Waals surface area (Å²) in [5.41, 5.74) is 1.02. The van der Waals surface area contributed by atoms with E-state index in [2.05, 4.69) is 33.7 Å². The fraction of sp³-hybridized carbons (Fsp3) is 0.556. The number of hydrogen-bond acceptors (Lipinski definition) is 7. The number of nitriles is 2. The van der Waals surface area contributed by atoms with Gasteiger partial charge in [-0.1, -0.05) is 37.7 Å². The largest absolute Gasteiger partial charge is 0.383 e. The summed E-state index contributed by atoms with van der Waals surface area (Å²) in [5.74, 6) is -0.747. The maximum Gasteiger partial charge on any atom is 0.265 e. The summed E-state index contributed by atoms with van der Waals surface area (Å²) < 4.78 is 0. The highest BCUT2D eigenvalue weighted by atomic mass is 32.2. The SMILES string of the molecule is CCCN1C(=O)C(CNc2ccc(CCN3CCCC3)cc2)S/C1=C(/C#N)C(=O)NC(C)(C#N)CC.[HH].[HH]. The van der Waals surface area contributed by atoms with E-state index in [1.54, 1.807) is 13.8 Å². The van der Waals surface area contributed by atoms with E-state index in [-0.39, 0.29) is 14.3 Å². The molecule has 2 aliphatic heterocycles. The van der Waals surface area contributed by atoms with Crippen LogP contribution in [0.4, 0.5) is 5.69 Å². The standard InChI is InChI=1S/C27H36N6O2S.2H2/c1-4-13-33-25(35)23(36-26(33)22(17-28)24(34)31-27(3,5-2)19-29)18-30-21-10-8-20(9-11-21)12-16-32-14-6-7-15-32;;/h8-11,23,30H,4-7,12-16,18H2,1-3H3,(H,31,34);2*1H/b26-22-;;. The zero-order chi connectivity index (χ0) is 26.1. The molecule has 2 aliphatic rings. The van der Waals surface area contributed by atoms with E-state index in [9.17, 15) is 20.1 Å². The number of rotatable bonds is 11. The maximum absolute atomic E-state index is 13.2. The molecular weight excluding hydrogens is 472 g/mol. The molecule has 1 aromatic rings. The minimum atomic E-state index is -1.08. The monoisotopic (exact) mass is 512 g/mol. The van der Waals surface area contributed by atoms with E-state index in [1.165, 1.54) is 48.2 Å². The maximum atomic E-state index is 13.2. The van der Waals surface area contributed by atoms with Crippen LogP contribution in [-0.2, 0) is 16.0 Å². The molecule has 2 N–H and O–H groups in total. The van der Waals surface area contributed by atoms with Gasteiger partial charge < -0.3 is 20.4 Å². The Morgan fingerprint density at radius 3 is 2.47 bits per heavy atom. The van der Waals surface area contributed by atoms with Gasteiger partial charge in [0.15, 0.2) is 0 Å². The number of carbonyl (C=O) groups excluding carboxylic acids is 2. The van der Waals surface area contributed by atoms with Crippen LogP contribution in [0.25, 0.3) is 0 Å². The third kappa shape index (κ3) is 6.81. The summed E-state index contributed by atoms with van der Waals surface area (Å²) in [6.07, 6.45) is 4.72. The summed E-state index contributed by atoms with van der Waals surface area (Å²) in [7, 11) is 0. The Bertz CT molecular complexity index is 1060. The van der Waals surface area contributed by atoms with Crippen LogP contribution in [0, 0.1) is 22.7 Å². The second kappa shape index (κ2) is 12.8. The van der Waals surface area contributed by atoms with Crippen molar-refractivity contribution in [1.29, 1.82) is 10.5 Å². The lowest BCUT2D eigenvalue weighted by Gasteiger charge is -2.22. The molecule has 2 fully saturated rings. The highest BCUT2D eigenvalue weighted by Crippen LogP contribution is 2.37. The van der Waals surface area contributed by atoms with Gasteiger partial charge in [-0.15, -0.1) is 0 Å². The molecule has 2 unspecified atom stereocenters. The highest BCUT2D eigenvalue weighted by molar-refractivity contribution is 8.04. The van der Waals surface area contributed by atoms with Gasteiger partial charge in [-0.2, -0.15) is 10.5 Å². The van der Waals surface area contributed by atoms with Crippen LogP contribution in [0.3, 0.4) is 0 Å². The fourth-order valence-electron chi connectivity index (χ4n) is 4.28. The molecule has 0 saturated carbocycles. The molecule has 2 heterocycles. The second-order valence-electron chi connectivity index (χ2n) is 9.52. The van der Waals surface area contributed by atoms with Crippen molar-refractivity contribution >= 4 is 29.3 Å². The van der Waals surface area contributed by atoms with Gasteiger partial charge >= 0.3 is 0 Å². The van der Waals surface area contributed by atoms with Crippen molar-refractivity contribution in [2.75, 3.05) is 38.0 Å². The highest BCUT2D eigenvalue weighted by Gasteiger charge is 2.40. The summed E-state index contributed by atoms with van der Waals surface area (Å²) in [6, 6.07) is 12.4. The molecule has 0 aromatic heterocycles. The molecular formula is C27H40N6O2S. The molecule has 1 aromatic carbocycles. The van der Waals surface area contributed by atoms with Gasteiger partial charge in [0, 0.05) is 28.2 Å². The predicted molar refractivity (Wildman–Crippen MR) is 147 cm³/mol. The van der Waals surface area contributed by atoms with Crippen molar-refractivity contribution < 1.29 is 12.4 Å². The van der Waals surface area contributed by atoms with Crippen LogP contribution in [-0.4, -0.2) is 65.1 Å².